The zero-order valence-electron chi connectivity index (χ0n) is 14.1. The molecule has 0 amide bonds. The van der Waals surface area contributed by atoms with Gasteiger partial charge in [0.25, 0.3) is 0 Å². The Morgan fingerprint density at radius 1 is 1.12 bits per heavy atom. The molecule has 0 bridgehead atoms. The summed E-state index contributed by atoms with van der Waals surface area (Å²) < 4.78 is 3.41. The van der Waals surface area contributed by atoms with Gasteiger partial charge in [-0.1, -0.05) is 32.8 Å². The van der Waals surface area contributed by atoms with Crippen molar-refractivity contribution in [1.82, 2.24) is 4.57 Å². The number of fused-ring (bicyclic) bond motifs is 5. The smallest absolute Gasteiger partial charge is 1.00 e. The maximum Gasteiger partial charge on any atom is 4.00 e. The maximum atomic E-state index is 3.54. The van der Waals surface area contributed by atoms with Gasteiger partial charge in [0.15, 0.2) is 0 Å². The number of aryl methyl sites for hydroxylation is 1. The SMILES string of the molecule is Cn1c2ccc[cH-]c2c2c3ccc(Br)cc3cc21.[C-]1=CC=CC1.[Cl-].[Cl-].[Zr+4]. The minimum absolute atomic E-state index is 0. The van der Waals surface area contributed by atoms with Crippen LogP contribution < -0.4 is 24.8 Å². The normalized spacial score (nSPS) is 11.6. The molecule has 1 heterocycles. The minimum atomic E-state index is 0. The number of nitrogens with zero attached hydrogens (tertiary/aromatic N) is 1. The molecular formula is C21H16BrCl2NZr. The summed E-state index contributed by atoms with van der Waals surface area (Å²) in [6.45, 7) is 0. The van der Waals surface area contributed by atoms with Crippen LogP contribution in [0.15, 0.2) is 71.2 Å². The van der Waals surface area contributed by atoms with Crippen molar-refractivity contribution in [3.63, 3.8) is 0 Å². The molecule has 0 spiro atoms. The number of para-hydroxylation sites is 1. The van der Waals surface area contributed by atoms with Gasteiger partial charge in [0.2, 0.25) is 0 Å². The standard InChI is InChI=1S/C16H11BrN.C5H5.2ClH.Zr/c1-18-14-5-3-2-4-13(14)16-12-7-6-11(17)8-10(12)9-15(16)18;1-2-4-5-3-1;;;/h2-9H,1H3;1-3H,4H2;2*1H;/q2*-1;;;+4/p-2. The van der Waals surface area contributed by atoms with Crippen LogP contribution in [0.25, 0.3) is 32.6 Å². The van der Waals surface area contributed by atoms with Crippen LogP contribution in [-0.4, -0.2) is 4.57 Å². The largest absolute Gasteiger partial charge is 4.00 e. The van der Waals surface area contributed by atoms with Crippen molar-refractivity contribution in [3.8, 4) is 0 Å². The van der Waals surface area contributed by atoms with E-state index in [4.69, 9.17) is 0 Å². The van der Waals surface area contributed by atoms with Gasteiger partial charge in [-0.2, -0.15) is 6.08 Å². The van der Waals surface area contributed by atoms with E-state index in [1.165, 1.54) is 32.6 Å². The Morgan fingerprint density at radius 2 is 1.92 bits per heavy atom. The average molecular weight is 524 g/mol. The van der Waals surface area contributed by atoms with Crippen molar-refractivity contribution in [3.05, 3.63) is 77.3 Å². The molecule has 1 aromatic heterocycles. The van der Waals surface area contributed by atoms with Crippen molar-refractivity contribution < 1.29 is 51.0 Å². The third-order valence-electron chi connectivity index (χ3n) is 4.31. The topological polar surface area (TPSA) is 4.93 Å². The zero-order valence-corrected chi connectivity index (χ0v) is 19.7. The van der Waals surface area contributed by atoms with E-state index in [0.29, 0.717) is 0 Å². The van der Waals surface area contributed by atoms with Gasteiger partial charge in [0.05, 0.1) is 0 Å². The Hall–Kier alpha value is -0.727. The molecule has 5 heteroatoms. The van der Waals surface area contributed by atoms with Crippen LogP contribution in [0, 0.1) is 6.08 Å². The molecule has 0 unspecified atom stereocenters. The molecule has 0 N–H and O–H groups in total. The van der Waals surface area contributed by atoms with Crippen LogP contribution in [0.4, 0.5) is 0 Å². The maximum absolute atomic E-state index is 3.54. The number of aromatic nitrogens is 1. The first-order chi connectivity index (χ1) is 11.3. The summed E-state index contributed by atoms with van der Waals surface area (Å²) in [5, 5.41) is 5.35. The van der Waals surface area contributed by atoms with Gasteiger partial charge in [-0.3, -0.25) is 6.08 Å². The van der Waals surface area contributed by atoms with E-state index in [1.54, 1.807) is 0 Å². The van der Waals surface area contributed by atoms with Gasteiger partial charge in [-0.25, -0.2) is 12.2 Å². The van der Waals surface area contributed by atoms with Crippen molar-refractivity contribution >= 4 is 48.5 Å². The van der Waals surface area contributed by atoms with Crippen LogP contribution in [-0.2, 0) is 33.3 Å². The van der Waals surface area contributed by atoms with Crippen LogP contribution in [0.3, 0.4) is 0 Å². The molecule has 0 aliphatic heterocycles. The van der Waals surface area contributed by atoms with Gasteiger partial charge in [-0.15, -0.1) is 36.1 Å². The van der Waals surface area contributed by atoms with Crippen LogP contribution in [0.1, 0.15) is 6.42 Å². The third-order valence-corrected chi connectivity index (χ3v) is 4.81. The fourth-order valence-electron chi connectivity index (χ4n) is 3.23. The first-order valence-electron chi connectivity index (χ1n) is 7.69. The van der Waals surface area contributed by atoms with E-state index in [0.717, 1.165) is 10.9 Å². The molecule has 0 radical (unpaired) electrons. The first kappa shape index (κ1) is 23.3. The summed E-state index contributed by atoms with van der Waals surface area (Å²) in [6.07, 6.45) is 10.0. The molecule has 0 saturated carbocycles. The van der Waals surface area contributed by atoms with Crippen molar-refractivity contribution in [2.45, 2.75) is 6.42 Å². The fourth-order valence-corrected chi connectivity index (χ4v) is 3.61. The molecule has 3 aromatic carbocycles. The minimum Gasteiger partial charge on any atom is -1.00 e. The molecule has 5 rings (SSSR count). The summed E-state index contributed by atoms with van der Waals surface area (Å²) in [5.41, 5.74) is 2.61. The number of rotatable bonds is 0. The van der Waals surface area contributed by atoms with Gasteiger partial charge in [0.1, 0.15) is 0 Å². The monoisotopic (exact) mass is 521 g/mol. The Morgan fingerprint density at radius 3 is 2.58 bits per heavy atom. The van der Waals surface area contributed by atoms with E-state index in [2.05, 4.69) is 88.2 Å². The quantitative estimate of drug-likeness (QED) is 0.292. The molecule has 1 aliphatic carbocycles. The Balaban J connectivity index is 0.000000372. The summed E-state index contributed by atoms with van der Waals surface area (Å²) >= 11 is 3.54. The number of hydrogen-bond donors (Lipinski definition) is 0. The average Bonchev–Trinajstić information content (AvgIpc) is 3.28. The van der Waals surface area contributed by atoms with Gasteiger partial charge in [-0.05, 0) is 34.6 Å². The molecular weight excluding hydrogens is 508 g/mol. The number of benzene rings is 2. The Bertz CT molecular complexity index is 1070. The molecule has 0 saturated heterocycles. The predicted molar refractivity (Wildman–Crippen MR) is 103 cm³/mol. The summed E-state index contributed by atoms with van der Waals surface area (Å²) in [7, 11) is 2.14. The summed E-state index contributed by atoms with van der Waals surface area (Å²) in [5.74, 6) is 0. The zero-order chi connectivity index (χ0) is 15.8. The molecule has 26 heavy (non-hydrogen) atoms. The second-order valence-electron chi connectivity index (χ2n) is 5.72. The first-order valence-corrected chi connectivity index (χ1v) is 8.49. The number of allylic oxidation sites excluding steroid dienone is 4. The predicted octanol–water partition coefficient (Wildman–Crippen LogP) is 0.277. The fraction of sp³-hybridized carbons (Fsp3) is 0.0952. The third kappa shape index (κ3) is 4.23. The Labute approximate surface area is 193 Å². The number of halogens is 3. The van der Waals surface area contributed by atoms with E-state index in [1.807, 2.05) is 12.2 Å². The van der Waals surface area contributed by atoms with Gasteiger partial charge >= 0.3 is 26.2 Å². The Kier molecular flexibility index (Phi) is 8.96. The van der Waals surface area contributed by atoms with E-state index >= 15 is 0 Å². The molecule has 0 fully saturated rings. The molecule has 1 aliphatic rings. The van der Waals surface area contributed by atoms with Crippen LogP contribution >= 0.6 is 15.9 Å². The summed E-state index contributed by atoms with van der Waals surface area (Å²) in [6, 6.07) is 17.4. The second kappa shape index (κ2) is 9.99. The van der Waals surface area contributed by atoms with E-state index in [9.17, 15) is 0 Å². The van der Waals surface area contributed by atoms with Crippen molar-refractivity contribution in [2.24, 2.45) is 7.05 Å². The van der Waals surface area contributed by atoms with Gasteiger partial charge < -0.3 is 29.4 Å². The van der Waals surface area contributed by atoms with Crippen LogP contribution in [0.5, 0.6) is 0 Å². The van der Waals surface area contributed by atoms with Crippen molar-refractivity contribution in [1.29, 1.82) is 0 Å². The number of hydrogen-bond acceptors (Lipinski definition) is 0. The van der Waals surface area contributed by atoms with Crippen LogP contribution in [0.2, 0.25) is 0 Å². The molecule has 1 nitrogen and oxygen atoms in total. The second-order valence-corrected chi connectivity index (χ2v) is 6.63. The molecule has 130 valence electrons. The van der Waals surface area contributed by atoms with E-state index in [-0.39, 0.29) is 51.0 Å². The molecule has 0 atom stereocenters. The van der Waals surface area contributed by atoms with E-state index < -0.39 is 0 Å². The van der Waals surface area contributed by atoms with Gasteiger partial charge in [0, 0.05) is 11.5 Å². The molecule has 4 aromatic rings. The van der Waals surface area contributed by atoms with Crippen molar-refractivity contribution in [2.75, 3.05) is 0 Å². The summed E-state index contributed by atoms with van der Waals surface area (Å²) in [4.78, 5) is 0.